The number of aryl methyl sites for hydroxylation is 1. The van der Waals surface area contributed by atoms with Crippen molar-refractivity contribution in [2.75, 3.05) is 5.32 Å². The first kappa shape index (κ1) is 11.6. The molecule has 2 N–H and O–H groups in total. The topological polar surface area (TPSA) is 70.7 Å². The Balaban J connectivity index is 2.06. The van der Waals surface area contributed by atoms with Crippen LogP contribution in [-0.4, -0.2) is 21.1 Å². The van der Waals surface area contributed by atoms with Crippen LogP contribution in [0.25, 0.3) is 0 Å². The van der Waals surface area contributed by atoms with E-state index >= 15 is 0 Å². The van der Waals surface area contributed by atoms with Gasteiger partial charge in [0.1, 0.15) is 11.2 Å². The van der Waals surface area contributed by atoms with Crippen molar-refractivity contribution in [3.63, 3.8) is 0 Å². The summed E-state index contributed by atoms with van der Waals surface area (Å²) < 4.78 is 0. The molecule has 5 nitrogen and oxygen atoms in total. The van der Waals surface area contributed by atoms with Crippen LogP contribution in [0.15, 0.2) is 30.3 Å². The normalized spacial score (nSPS) is 12.1. The van der Waals surface area contributed by atoms with E-state index in [1.807, 2.05) is 18.2 Å². The van der Waals surface area contributed by atoms with Gasteiger partial charge in [0, 0.05) is 0 Å². The SMILES string of the molecule is Cc1nc(NC(=O)C(Cl)c2ccccc2)n[nH]1. The van der Waals surface area contributed by atoms with E-state index in [1.54, 1.807) is 19.1 Å². The van der Waals surface area contributed by atoms with Gasteiger partial charge in [0.25, 0.3) is 0 Å². The van der Waals surface area contributed by atoms with Crippen molar-refractivity contribution in [3.05, 3.63) is 41.7 Å². The molecule has 0 saturated heterocycles. The number of carbonyl (C=O) groups is 1. The molecule has 0 saturated carbocycles. The summed E-state index contributed by atoms with van der Waals surface area (Å²) in [5.41, 5.74) is 0.735. The van der Waals surface area contributed by atoms with Crippen molar-refractivity contribution < 1.29 is 4.79 Å². The molecule has 0 aliphatic carbocycles. The Morgan fingerprint density at radius 3 is 2.71 bits per heavy atom. The number of halogens is 1. The summed E-state index contributed by atoms with van der Waals surface area (Å²) in [6.45, 7) is 1.75. The average molecular weight is 251 g/mol. The van der Waals surface area contributed by atoms with Crippen LogP contribution in [0.2, 0.25) is 0 Å². The number of nitrogens with one attached hydrogen (secondary N) is 2. The fourth-order valence-corrected chi connectivity index (χ4v) is 1.55. The van der Waals surface area contributed by atoms with Gasteiger partial charge in [0.15, 0.2) is 0 Å². The molecule has 1 atom stereocenters. The van der Waals surface area contributed by atoms with Gasteiger partial charge in [-0.25, -0.2) is 0 Å². The predicted molar refractivity (Wildman–Crippen MR) is 64.8 cm³/mol. The largest absolute Gasteiger partial charge is 0.292 e. The lowest BCUT2D eigenvalue weighted by molar-refractivity contribution is -0.116. The Kier molecular flexibility index (Phi) is 3.39. The molecule has 88 valence electrons. The summed E-state index contributed by atoms with van der Waals surface area (Å²) in [5, 5.41) is 8.22. The molecule has 2 rings (SSSR count). The van der Waals surface area contributed by atoms with Crippen LogP contribution < -0.4 is 5.32 Å². The summed E-state index contributed by atoms with van der Waals surface area (Å²) in [4.78, 5) is 15.8. The first-order valence-corrected chi connectivity index (χ1v) is 5.49. The average Bonchev–Trinajstić information content (AvgIpc) is 2.75. The van der Waals surface area contributed by atoms with E-state index in [0.29, 0.717) is 5.82 Å². The van der Waals surface area contributed by atoms with Crippen LogP contribution in [0, 0.1) is 6.92 Å². The molecule has 1 aromatic heterocycles. The van der Waals surface area contributed by atoms with Gasteiger partial charge in [-0.3, -0.25) is 15.2 Å². The molecule has 0 spiro atoms. The van der Waals surface area contributed by atoms with Crippen molar-refractivity contribution in [1.82, 2.24) is 15.2 Å². The molecule has 0 radical (unpaired) electrons. The Bertz CT molecular complexity index is 511. The fraction of sp³-hybridized carbons (Fsp3) is 0.182. The summed E-state index contributed by atoms with van der Waals surface area (Å²) in [5.74, 6) is 0.511. The lowest BCUT2D eigenvalue weighted by atomic mass is 10.1. The molecule has 1 unspecified atom stereocenters. The van der Waals surface area contributed by atoms with Gasteiger partial charge in [-0.05, 0) is 12.5 Å². The number of hydrogen-bond donors (Lipinski definition) is 2. The summed E-state index contributed by atoms with van der Waals surface area (Å²) >= 11 is 6.04. The van der Waals surface area contributed by atoms with Crippen molar-refractivity contribution in [1.29, 1.82) is 0 Å². The van der Waals surface area contributed by atoms with Gasteiger partial charge in [-0.15, -0.1) is 16.7 Å². The molecule has 0 aliphatic heterocycles. The number of H-pyrrole nitrogens is 1. The molecule has 0 aliphatic rings. The molecule has 1 amide bonds. The molecule has 6 heteroatoms. The van der Waals surface area contributed by atoms with Crippen LogP contribution >= 0.6 is 11.6 Å². The molecule has 0 fully saturated rings. The van der Waals surface area contributed by atoms with E-state index in [-0.39, 0.29) is 11.9 Å². The fourth-order valence-electron chi connectivity index (χ4n) is 1.35. The number of hydrogen-bond acceptors (Lipinski definition) is 3. The van der Waals surface area contributed by atoms with Gasteiger partial charge in [-0.2, -0.15) is 4.98 Å². The summed E-state index contributed by atoms with van der Waals surface area (Å²) in [7, 11) is 0. The minimum absolute atomic E-state index is 0.231. The highest BCUT2D eigenvalue weighted by molar-refractivity contribution is 6.32. The zero-order chi connectivity index (χ0) is 12.3. The van der Waals surface area contributed by atoms with Crippen molar-refractivity contribution in [2.24, 2.45) is 0 Å². The third-order valence-electron chi connectivity index (χ3n) is 2.15. The van der Waals surface area contributed by atoms with Crippen molar-refractivity contribution >= 4 is 23.5 Å². The van der Waals surface area contributed by atoms with E-state index < -0.39 is 5.38 Å². The Labute approximate surface area is 103 Å². The zero-order valence-corrected chi connectivity index (χ0v) is 9.90. The quantitative estimate of drug-likeness (QED) is 0.819. The van der Waals surface area contributed by atoms with Crippen molar-refractivity contribution in [2.45, 2.75) is 12.3 Å². The maximum Gasteiger partial charge on any atom is 0.249 e. The van der Waals surface area contributed by atoms with Crippen LogP contribution in [0.5, 0.6) is 0 Å². The second kappa shape index (κ2) is 4.97. The maximum atomic E-state index is 11.8. The van der Waals surface area contributed by atoms with Gasteiger partial charge in [-0.1, -0.05) is 30.3 Å². The van der Waals surface area contributed by atoms with E-state index in [1.165, 1.54) is 0 Å². The number of aromatic nitrogens is 3. The van der Waals surface area contributed by atoms with Gasteiger partial charge < -0.3 is 0 Å². The first-order chi connectivity index (χ1) is 8.16. The summed E-state index contributed by atoms with van der Waals surface area (Å²) in [6, 6.07) is 9.11. The minimum atomic E-state index is -0.755. The molecular formula is C11H11ClN4O. The highest BCUT2D eigenvalue weighted by atomic mass is 35.5. The highest BCUT2D eigenvalue weighted by Gasteiger charge is 2.18. The number of nitrogens with zero attached hydrogens (tertiary/aromatic N) is 2. The van der Waals surface area contributed by atoms with Crippen LogP contribution in [-0.2, 0) is 4.79 Å². The molecular weight excluding hydrogens is 240 g/mol. The Morgan fingerprint density at radius 2 is 2.12 bits per heavy atom. The Hall–Kier alpha value is -1.88. The van der Waals surface area contributed by atoms with Crippen LogP contribution in [0.1, 0.15) is 16.8 Å². The minimum Gasteiger partial charge on any atom is -0.292 e. The second-order valence-corrected chi connectivity index (χ2v) is 3.94. The number of carbonyl (C=O) groups excluding carboxylic acids is 1. The lowest BCUT2D eigenvalue weighted by Crippen LogP contribution is -2.18. The van der Waals surface area contributed by atoms with Crippen LogP contribution in [0.4, 0.5) is 5.95 Å². The molecule has 17 heavy (non-hydrogen) atoms. The first-order valence-electron chi connectivity index (χ1n) is 5.05. The third-order valence-corrected chi connectivity index (χ3v) is 2.60. The maximum absolute atomic E-state index is 11.8. The number of benzene rings is 1. The number of anilines is 1. The van der Waals surface area contributed by atoms with E-state index in [0.717, 1.165) is 5.56 Å². The predicted octanol–water partition coefficient (Wildman–Crippen LogP) is 2.03. The number of alkyl halides is 1. The van der Waals surface area contributed by atoms with E-state index in [9.17, 15) is 4.79 Å². The van der Waals surface area contributed by atoms with Gasteiger partial charge in [0.05, 0.1) is 0 Å². The van der Waals surface area contributed by atoms with E-state index in [4.69, 9.17) is 11.6 Å². The molecule has 2 aromatic rings. The molecule has 0 bridgehead atoms. The highest BCUT2D eigenvalue weighted by Crippen LogP contribution is 2.21. The molecule has 1 aromatic carbocycles. The lowest BCUT2D eigenvalue weighted by Gasteiger charge is -2.08. The number of rotatable bonds is 3. The van der Waals surface area contributed by atoms with Gasteiger partial charge in [0.2, 0.25) is 11.9 Å². The molecule has 1 heterocycles. The summed E-state index contributed by atoms with van der Waals surface area (Å²) in [6.07, 6.45) is 0. The third kappa shape index (κ3) is 2.82. The zero-order valence-electron chi connectivity index (χ0n) is 9.14. The smallest absolute Gasteiger partial charge is 0.249 e. The van der Waals surface area contributed by atoms with Gasteiger partial charge >= 0.3 is 0 Å². The standard InChI is InChI=1S/C11H11ClN4O/c1-7-13-11(16-15-7)14-10(17)9(12)8-5-3-2-4-6-8/h2-6,9H,1H3,(H2,13,14,15,16,17). The van der Waals surface area contributed by atoms with Crippen LogP contribution in [0.3, 0.4) is 0 Å². The van der Waals surface area contributed by atoms with Crippen molar-refractivity contribution in [3.8, 4) is 0 Å². The Morgan fingerprint density at radius 1 is 1.41 bits per heavy atom. The second-order valence-electron chi connectivity index (χ2n) is 3.51. The van der Waals surface area contributed by atoms with E-state index in [2.05, 4.69) is 20.5 Å². The number of amides is 1. The number of aromatic amines is 1. The monoisotopic (exact) mass is 250 g/mol.